The van der Waals surface area contributed by atoms with Crippen molar-refractivity contribution in [2.24, 2.45) is 0 Å². The quantitative estimate of drug-likeness (QED) is 0.357. The van der Waals surface area contributed by atoms with Gasteiger partial charge in [-0.3, -0.25) is 4.79 Å². The van der Waals surface area contributed by atoms with Gasteiger partial charge in [0, 0.05) is 30.6 Å². The average Bonchev–Trinajstić information content (AvgIpc) is 3.25. The molecular formula is C24H19F3N2O3S. The zero-order chi connectivity index (χ0) is 23.8. The summed E-state index contributed by atoms with van der Waals surface area (Å²) in [5.41, 5.74) is 1.19. The molecule has 0 atom stereocenters. The minimum absolute atomic E-state index is 0.0222. The Morgan fingerprint density at radius 3 is 2.42 bits per heavy atom. The van der Waals surface area contributed by atoms with E-state index in [9.17, 15) is 26.4 Å². The monoisotopic (exact) mass is 472 g/mol. The van der Waals surface area contributed by atoms with Gasteiger partial charge in [0.25, 0.3) is 0 Å². The molecule has 0 amide bonds. The van der Waals surface area contributed by atoms with E-state index in [1.54, 1.807) is 47.3 Å². The number of ketones is 1. The van der Waals surface area contributed by atoms with Gasteiger partial charge >= 0.3 is 6.18 Å². The van der Waals surface area contributed by atoms with Crippen LogP contribution in [0.3, 0.4) is 0 Å². The third-order valence-electron chi connectivity index (χ3n) is 5.38. The number of pyridine rings is 1. The number of hydrogen-bond donors (Lipinski definition) is 0. The van der Waals surface area contributed by atoms with Crippen LogP contribution in [-0.4, -0.2) is 23.6 Å². The van der Waals surface area contributed by atoms with Crippen molar-refractivity contribution in [3.05, 3.63) is 95.4 Å². The number of aryl methyl sites for hydroxylation is 2. The third kappa shape index (κ3) is 4.68. The molecule has 0 saturated heterocycles. The van der Waals surface area contributed by atoms with Gasteiger partial charge in [-0.05, 0) is 66.9 Å². The summed E-state index contributed by atoms with van der Waals surface area (Å²) in [7, 11) is -3.98. The fourth-order valence-electron chi connectivity index (χ4n) is 3.58. The van der Waals surface area contributed by atoms with Crippen molar-refractivity contribution >= 4 is 21.3 Å². The number of aromatic nitrogens is 2. The summed E-state index contributed by atoms with van der Waals surface area (Å²) in [6.45, 7) is 1.34. The lowest BCUT2D eigenvalue weighted by molar-refractivity contribution is -0.137. The Labute approximate surface area is 188 Å². The van der Waals surface area contributed by atoms with E-state index in [0.717, 1.165) is 29.4 Å². The van der Waals surface area contributed by atoms with Crippen LogP contribution >= 0.6 is 0 Å². The first-order valence-corrected chi connectivity index (χ1v) is 11.5. The van der Waals surface area contributed by atoms with Crippen molar-refractivity contribution in [1.29, 1.82) is 0 Å². The summed E-state index contributed by atoms with van der Waals surface area (Å²) in [4.78, 5) is 16.5. The minimum atomic E-state index is -4.54. The molecule has 2 heterocycles. The molecule has 0 saturated carbocycles. The van der Waals surface area contributed by atoms with E-state index in [0.29, 0.717) is 12.0 Å². The zero-order valence-electron chi connectivity index (χ0n) is 17.5. The molecule has 0 fully saturated rings. The van der Waals surface area contributed by atoms with Gasteiger partial charge in [-0.25, -0.2) is 13.4 Å². The second-order valence-electron chi connectivity index (χ2n) is 7.66. The van der Waals surface area contributed by atoms with Gasteiger partial charge < -0.3 is 4.40 Å². The smallest absolute Gasteiger partial charge is 0.306 e. The lowest BCUT2D eigenvalue weighted by atomic mass is 10.0. The van der Waals surface area contributed by atoms with Crippen LogP contribution in [0.25, 0.3) is 5.65 Å². The average molecular weight is 472 g/mol. The van der Waals surface area contributed by atoms with Crippen molar-refractivity contribution in [3.8, 4) is 0 Å². The van der Waals surface area contributed by atoms with E-state index in [1.807, 2.05) is 0 Å². The molecule has 4 rings (SSSR count). The van der Waals surface area contributed by atoms with E-state index in [1.165, 1.54) is 19.1 Å². The number of hydrogen-bond acceptors (Lipinski definition) is 4. The highest BCUT2D eigenvalue weighted by molar-refractivity contribution is 7.91. The Morgan fingerprint density at radius 2 is 1.76 bits per heavy atom. The molecule has 2 aromatic heterocycles. The second kappa shape index (κ2) is 8.47. The van der Waals surface area contributed by atoms with Crippen molar-refractivity contribution in [2.75, 3.05) is 0 Å². The maximum Gasteiger partial charge on any atom is 0.416 e. The Kier molecular flexibility index (Phi) is 5.84. The standard InChI is InChI=1S/C24H19F3N2O3S/c1-16-14-19(24(25,26)27)6-10-22(16)33(31,32)20-7-2-17(3-8-20)4-9-21(30)18-5-11-23-28-12-13-29(23)15-18/h2-3,5-8,10-15H,4,9H2,1H3. The van der Waals surface area contributed by atoms with Crippen molar-refractivity contribution in [1.82, 2.24) is 9.38 Å². The number of rotatable bonds is 6. The molecule has 0 aliphatic heterocycles. The van der Waals surface area contributed by atoms with Crippen LogP contribution in [0.4, 0.5) is 13.2 Å². The predicted octanol–water partition coefficient (Wildman–Crippen LogP) is 5.31. The fraction of sp³-hybridized carbons (Fsp3) is 0.167. The minimum Gasteiger partial charge on any atom is -0.306 e. The molecule has 0 radical (unpaired) electrons. The molecule has 0 bridgehead atoms. The van der Waals surface area contributed by atoms with Crippen molar-refractivity contribution in [2.45, 2.75) is 35.7 Å². The van der Waals surface area contributed by atoms with E-state index in [4.69, 9.17) is 0 Å². The van der Waals surface area contributed by atoms with Gasteiger partial charge in [-0.2, -0.15) is 13.2 Å². The number of fused-ring (bicyclic) bond motifs is 1. The van der Waals surface area contributed by atoms with Gasteiger partial charge in [-0.1, -0.05) is 12.1 Å². The van der Waals surface area contributed by atoms with E-state index < -0.39 is 21.6 Å². The van der Waals surface area contributed by atoms with Gasteiger partial charge in [0.1, 0.15) is 5.65 Å². The highest BCUT2D eigenvalue weighted by atomic mass is 32.2. The Bertz CT molecular complexity index is 1440. The molecule has 0 unspecified atom stereocenters. The second-order valence-corrected chi connectivity index (χ2v) is 9.58. The number of carbonyl (C=O) groups is 1. The lowest BCUT2D eigenvalue weighted by Crippen LogP contribution is -2.09. The molecule has 9 heteroatoms. The number of imidazole rings is 1. The molecular weight excluding hydrogens is 453 g/mol. The summed E-state index contributed by atoms with van der Waals surface area (Å²) in [5.74, 6) is -0.0531. The van der Waals surface area contributed by atoms with Crippen molar-refractivity contribution in [3.63, 3.8) is 0 Å². The van der Waals surface area contributed by atoms with Crippen molar-refractivity contribution < 1.29 is 26.4 Å². The molecule has 33 heavy (non-hydrogen) atoms. The predicted molar refractivity (Wildman–Crippen MR) is 116 cm³/mol. The molecule has 2 aromatic carbocycles. The van der Waals surface area contributed by atoms with Crippen LogP contribution in [0.1, 0.15) is 33.5 Å². The SMILES string of the molecule is Cc1cc(C(F)(F)F)ccc1S(=O)(=O)c1ccc(CCC(=O)c2ccc3nccn3c2)cc1. The largest absolute Gasteiger partial charge is 0.416 e. The summed E-state index contributed by atoms with van der Waals surface area (Å²) in [6, 6.07) is 12.1. The Morgan fingerprint density at radius 1 is 1.03 bits per heavy atom. The van der Waals surface area contributed by atoms with E-state index in [-0.39, 0.29) is 27.6 Å². The maximum absolute atomic E-state index is 12.9. The zero-order valence-corrected chi connectivity index (χ0v) is 18.3. The first-order valence-electron chi connectivity index (χ1n) is 10.0. The number of carbonyl (C=O) groups excluding carboxylic acids is 1. The van der Waals surface area contributed by atoms with Crippen LogP contribution in [0, 0.1) is 6.92 Å². The first kappa shape index (κ1) is 22.7. The Balaban J connectivity index is 1.47. The summed E-state index contributed by atoms with van der Waals surface area (Å²) in [5, 5.41) is 0. The summed E-state index contributed by atoms with van der Waals surface area (Å²) < 4.78 is 66.2. The fourth-order valence-corrected chi connectivity index (χ4v) is 5.05. The third-order valence-corrected chi connectivity index (χ3v) is 7.31. The highest BCUT2D eigenvalue weighted by Gasteiger charge is 2.32. The van der Waals surface area contributed by atoms with Gasteiger partial charge in [0.05, 0.1) is 15.4 Å². The molecule has 170 valence electrons. The highest BCUT2D eigenvalue weighted by Crippen LogP contribution is 2.33. The van der Waals surface area contributed by atoms with Crippen LogP contribution < -0.4 is 0 Å². The number of sulfone groups is 1. The number of nitrogens with zero attached hydrogens (tertiary/aromatic N) is 2. The van der Waals surface area contributed by atoms with Crippen LogP contribution in [0.2, 0.25) is 0 Å². The van der Waals surface area contributed by atoms with Crippen LogP contribution in [0.5, 0.6) is 0 Å². The van der Waals surface area contributed by atoms with Gasteiger partial charge in [0.2, 0.25) is 9.84 Å². The molecule has 0 aliphatic rings. The number of Topliss-reactive ketones (excluding diaryl/α,β-unsaturated/α-hetero) is 1. The number of alkyl halides is 3. The molecule has 0 aliphatic carbocycles. The van der Waals surface area contributed by atoms with Gasteiger partial charge in [0.15, 0.2) is 5.78 Å². The molecule has 4 aromatic rings. The first-order chi connectivity index (χ1) is 15.6. The van der Waals surface area contributed by atoms with E-state index in [2.05, 4.69) is 4.98 Å². The molecule has 0 N–H and O–H groups in total. The lowest BCUT2D eigenvalue weighted by Gasteiger charge is -2.12. The molecule has 0 spiro atoms. The number of benzene rings is 2. The summed E-state index contributed by atoms with van der Waals surface area (Å²) in [6.07, 6.45) is 1.23. The number of halogens is 3. The normalized spacial score (nSPS) is 12.2. The molecule has 5 nitrogen and oxygen atoms in total. The summed E-state index contributed by atoms with van der Waals surface area (Å²) >= 11 is 0. The van der Waals surface area contributed by atoms with Gasteiger partial charge in [-0.15, -0.1) is 0 Å². The Hall–Kier alpha value is -3.46. The van der Waals surface area contributed by atoms with Crippen LogP contribution in [-0.2, 0) is 22.4 Å². The topological polar surface area (TPSA) is 68.5 Å². The van der Waals surface area contributed by atoms with Crippen LogP contribution in [0.15, 0.2) is 83.0 Å². The van der Waals surface area contributed by atoms with E-state index >= 15 is 0 Å². The maximum atomic E-state index is 12.9.